The van der Waals surface area contributed by atoms with Crippen molar-refractivity contribution in [2.24, 2.45) is 0 Å². The van der Waals surface area contributed by atoms with Gasteiger partial charge in [0.2, 0.25) is 0 Å². The highest BCUT2D eigenvalue weighted by atomic mass is 127. The van der Waals surface area contributed by atoms with Gasteiger partial charge in [0.15, 0.2) is 0 Å². The monoisotopic (exact) mass is 325 g/mol. The number of hydrogen-bond acceptors (Lipinski definition) is 2. The van der Waals surface area contributed by atoms with Gasteiger partial charge in [-0.05, 0) is 24.3 Å². The third-order valence-corrected chi connectivity index (χ3v) is 4.54. The maximum absolute atomic E-state index is 2.36. The summed E-state index contributed by atoms with van der Waals surface area (Å²) in [6.45, 7) is 0. The van der Waals surface area contributed by atoms with Crippen LogP contribution in [0.1, 0.15) is 0 Å². The normalized spacial score (nSPS) is 13.3. The van der Waals surface area contributed by atoms with Crippen LogP contribution in [0.15, 0.2) is 58.3 Å². The molecule has 0 fully saturated rings. The third-order valence-electron chi connectivity index (χ3n) is 2.37. The molecule has 3 rings (SSSR count). The van der Waals surface area contributed by atoms with Crippen LogP contribution < -0.4 is 3.11 Å². The van der Waals surface area contributed by atoms with Gasteiger partial charge in [-0.25, -0.2) is 0 Å². The minimum Gasteiger partial charge on any atom is -0.281 e. The molecule has 15 heavy (non-hydrogen) atoms. The summed E-state index contributed by atoms with van der Waals surface area (Å²) in [4.78, 5) is 2.65. The molecule has 1 aliphatic rings. The van der Waals surface area contributed by atoms with Crippen molar-refractivity contribution in [2.45, 2.75) is 9.79 Å². The summed E-state index contributed by atoms with van der Waals surface area (Å²) < 4.78 is 2.22. The fourth-order valence-electron chi connectivity index (χ4n) is 1.66. The maximum Gasteiger partial charge on any atom is 0.0650 e. The number of hydrogen-bond donors (Lipinski definition) is 0. The highest BCUT2D eigenvalue weighted by molar-refractivity contribution is 14.1. The Balaban J connectivity index is 2.20. The number of benzene rings is 2. The SMILES string of the molecule is IN1c2ccccc2Sc2ccccc21. The number of para-hydroxylation sites is 2. The highest BCUT2D eigenvalue weighted by Gasteiger charge is 2.20. The predicted molar refractivity (Wildman–Crippen MR) is 73.2 cm³/mol. The lowest BCUT2D eigenvalue weighted by atomic mass is 10.2. The van der Waals surface area contributed by atoms with Gasteiger partial charge in [-0.3, -0.25) is 3.11 Å². The lowest BCUT2D eigenvalue weighted by molar-refractivity contribution is 1.27. The summed E-state index contributed by atoms with van der Waals surface area (Å²) in [5, 5.41) is 0. The molecular weight excluding hydrogens is 317 g/mol. The molecule has 0 N–H and O–H groups in total. The second-order valence-electron chi connectivity index (χ2n) is 3.32. The maximum atomic E-state index is 2.36. The number of nitrogens with zero attached hydrogens (tertiary/aromatic N) is 1. The molecule has 0 amide bonds. The molecule has 0 unspecified atom stereocenters. The van der Waals surface area contributed by atoms with E-state index in [9.17, 15) is 0 Å². The Hall–Kier alpha value is -0.680. The van der Waals surface area contributed by atoms with Gasteiger partial charge in [0.25, 0.3) is 0 Å². The van der Waals surface area contributed by atoms with Crippen molar-refractivity contribution in [1.29, 1.82) is 0 Å². The van der Waals surface area contributed by atoms with Crippen molar-refractivity contribution in [3.8, 4) is 0 Å². The summed E-state index contributed by atoms with van der Waals surface area (Å²) >= 11 is 4.20. The summed E-state index contributed by atoms with van der Waals surface area (Å²) in [6, 6.07) is 17.0. The van der Waals surface area contributed by atoms with E-state index < -0.39 is 0 Å². The third kappa shape index (κ3) is 1.54. The Bertz CT molecular complexity index is 467. The van der Waals surface area contributed by atoms with E-state index in [-0.39, 0.29) is 0 Å². The lowest BCUT2D eigenvalue weighted by Crippen LogP contribution is -2.06. The summed E-state index contributed by atoms with van der Waals surface area (Å²) in [6.07, 6.45) is 0. The van der Waals surface area contributed by atoms with E-state index in [1.807, 2.05) is 11.8 Å². The van der Waals surface area contributed by atoms with Gasteiger partial charge in [-0.2, -0.15) is 0 Å². The van der Waals surface area contributed by atoms with Crippen LogP contribution in [0.5, 0.6) is 0 Å². The zero-order chi connectivity index (χ0) is 10.3. The van der Waals surface area contributed by atoms with Crippen LogP contribution in [0.2, 0.25) is 0 Å². The molecule has 0 saturated heterocycles. The molecule has 0 atom stereocenters. The smallest absolute Gasteiger partial charge is 0.0650 e. The largest absolute Gasteiger partial charge is 0.281 e. The summed E-state index contributed by atoms with van der Waals surface area (Å²) in [7, 11) is 0. The van der Waals surface area contributed by atoms with E-state index >= 15 is 0 Å². The quantitative estimate of drug-likeness (QED) is 0.513. The standard InChI is InChI=1S/C12H8INS/c13-14-9-5-1-3-7-11(9)15-12-8-4-2-6-10(12)14/h1-8H. The van der Waals surface area contributed by atoms with Crippen LogP contribution in [-0.2, 0) is 0 Å². The average Bonchev–Trinajstić information content (AvgIpc) is 2.30. The lowest BCUT2D eigenvalue weighted by Gasteiger charge is -2.26. The molecule has 1 aliphatic heterocycles. The van der Waals surface area contributed by atoms with E-state index in [0.717, 1.165) is 0 Å². The fourth-order valence-corrected chi connectivity index (χ4v) is 3.89. The number of rotatable bonds is 0. The van der Waals surface area contributed by atoms with Crippen molar-refractivity contribution in [3.63, 3.8) is 0 Å². The van der Waals surface area contributed by atoms with Crippen LogP contribution in [0.3, 0.4) is 0 Å². The van der Waals surface area contributed by atoms with Gasteiger partial charge in [-0.1, -0.05) is 36.0 Å². The Labute approximate surface area is 107 Å². The Kier molecular flexibility index (Phi) is 2.36. The minimum atomic E-state index is 1.28. The van der Waals surface area contributed by atoms with Gasteiger partial charge >= 0.3 is 0 Å². The molecule has 0 aromatic heterocycles. The van der Waals surface area contributed by atoms with Crippen molar-refractivity contribution >= 4 is 46.0 Å². The van der Waals surface area contributed by atoms with Gasteiger partial charge < -0.3 is 0 Å². The molecule has 0 spiro atoms. The van der Waals surface area contributed by atoms with E-state index in [0.29, 0.717) is 0 Å². The minimum absolute atomic E-state index is 1.28. The van der Waals surface area contributed by atoms with E-state index in [4.69, 9.17) is 0 Å². The van der Waals surface area contributed by atoms with E-state index in [2.05, 4.69) is 74.5 Å². The fraction of sp³-hybridized carbons (Fsp3) is 0. The van der Waals surface area contributed by atoms with Crippen LogP contribution in [-0.4, -0.2) is 0 Å². The number of halogens is 1. The van der Waals surface area contributed by atoms with Crippen molar-refractivity contribution in [1.82, 2.24) is 0 Å². The Morgan fingerprint density at radius 1 is 0.800 bits per heavy atom. The molecule has 1 heterocycles. The molecule has 2 aromatic rings. The number of anilines is 2. The summed E-state index contributed by atoms with van der Waals surface area (Å²) in [5.74, 6) is 0. The van der Waals surface area contributed by atoms with Gasteiger partial charge in [0.1, 0.15) is 0 Å². The number of fused-ring (bicyclic) bond motifs is 2. The first-order chi connectivity index (χ1) is 7.36. The van der Waals surface area contributed by atoms with Gasteiger partial charge in [-0.15, -0.1) is 0 Å². The topological polar surface area (TPSA) is 3.24 Å². The van der Waals surface area contributed by atoms with E-state index in [1.165, 1.54) is 21.2 Å². The molecular formula is C12H8INS. The molecule has 0 bridgehead atoms. The molecule has 0 saturated carbocycles. The first-order valence-corrected chi connectivity index (χ1v) is 6.46. The zero-order valence-electron chi connectivity index (χ0n) is 7.85. The zero-order valence-corrected chi connectivity index (χ0v) is 10.8. The molecule has 2 aromatic carbocycles. The van der Waals surface area contributed by atoms with Crippen molar-refractivity contribution in [2.75, 3.05) is 3.11 Å². The first kappa shape index (κ1) is 9.54. The average molecular weight is 325 g/mol. The second-order valence-corrected chi connectivity index (χ2v) is 5.37. The van der Waals surface area contributed by atoms with Crippen LogP contribution >= 0.6 is 34.6 Å². The van der Waals surface area contributed by atoms with Gasteiger partial charge in [0, 0.05) is 9.79 Å². The molecule has 3 heteroatoms. The van der Waals surface area contributed by atoms with Gasteiger partial charge in [0.05, 0.1) is 34.2 Å². The first-order valence-electron chi connectivity index (χ1n) is 4.68. The second kappa shape index (κ2) is 3.72. The predicted octanol–water partition coefficient (Wildman–Crippen LogP) is 4.64. The molecule has 1 nitrogen and oxygen atoms in total. The molecule has 0 aliphatic carbocycles. The van der Waals surface area contributed by atoms with Crippen LogP contribution in [0, 0.1) is 0 Å². The molecule has 74 valence electrons. The Morgan fingerprint density at radius 2 is 1.27 bits per heavy atom. The summed E-state index contributed by atoms with van der Waals surface area (Å²) in [5.41, 5.74) is 2.56. The highest BCUT2D eigenvalue weighted by Crippen LogP contribution is 2.49. The molecule has 0 radical (unpaired) electrons. The van der Waals surface area contributed by atoms with Crippen LogP contribution in [0.4, 0.5) is 11.4 Å². The van der Waals surface area contributed by atoms with Crippen molar-refractivity contribution in [3.05, 3.63) is 48.5 Å². The van der Waals surface area contributed by atoms with Crippen molar-refractivity contribution < 1.29 is 0 Å². The van der Waals surface area contributed by atoms with E-state index in [1.54, 1.807) is 0 Å². The Morgan fingerprint density at radius 3 is 1.80 bits per heavy atom. The van der Waals surface area contributed by atoms with Crippen LogP contribution in [0.25, 0.3) is 0 Å².